The van der Waals surface area contributed by atoms with Crippen LogP contribution < -0.4 is 10.6 Å². The van der Waals surface area contributed by atoms with E-state index in [4.69, 9.17) is 16.3 Å². The quantitative estimate of drug-likeness (QED) is 0.425. The summed E-state index contributed by atoms with van der Waals surface area (Å²) < 4.78 is 20.1. The molecule has 3 N–H and O–H groups in total. The Labute approximate surface area is 202 Å². The fourth-order valence-corrected chi connectivity index (χ4v) is 4.20. The number of piperidine rings is 1. The zero-order valence-electron chi connectivity index (χ0n) is 19.3. The highest BCUT2D eigenvalue weighted by molar-refractivity contribution is 6.32. The number of amides is 1. The lowest BCUT2D eigenvalue weighted by molar-refractivity contribution is 0.0970. The standard InChI is InChI=1S/C23H27ClFN7O2/c1-4-34-23(33)32-7-5-15(6-8-32)16-11-18(25)19(9-13(16)2)27-22-26-12-17(24)21(29-22)28-20-10-14(3)30-31-20/h9-12,15H,4-8H2,1-3H3,(H3,26,27,28,29,30,31). The number of H-pyrrole nitrogens is 1. The Morgan fingerprint density at radius 3 is 2.71 bits per heavy atom. The summed E-state index contributed by atoms with van der Waals surface area (Å²) in [4.78, 5) is 22.2. The van der Waals surface area contributed by atoms with Crippen LogP contribution in [0.3, 0.4) is 0 Å². The highest BCUT2D eigenvalue weighted by atomic mass is 35.5. The van der Waals surface area contributed by atoms with E-state index in [9.17, 15) is 4.79 Å². The van der Waals surface area contributed by atoms with Gasteiger partial charge < -0.3 is 20.3 Å². The zero-order chi connectivity index (χ0) is 24.2. The third-order valence-electron chi connectivity index (χ3n) is 5.76. The number of benzene rings is 1. The van der Waals surface area contributed by atoms with E-state index in [2.05, 4.69) is 30.8 Å². The largest absolute Gasteiger partial charge is 0.450 e. The second kappa shape index (κ2) is 10.3. The van der Waals surface area contributed by atoms with Crippen molar-refractivity contribution in [1.29, 1.82) is 0 Å². The molecule has 2 aromatic heterocycles. The zero-order valence-corrected chi connectivity index (χ0v) is 20.0. The minimum absolute atomic E-state index is 0.175. The number of aromatic amines is 1. The van der Waals surface area contributed by atoms with E-state index in [1.54, 1.807) is 24.0 Å². The Bertz CT molecular complexity index is 1180. The van der Waals surface area contributed by atoms with Gasteiger partial charge in [-0.15, -0.1) is 0 Å². The predicted octanol–water partition coefficient (Wildman–Crippen LogP) is 5.43. The number of halogens is 2. The number of hydrogen-bond acceptors (Lipinski definition) is 7. The van der Waals surface area contributed by atoms with Gasteiger partial charge in [-0.2, -0.15) is 10.1 Å². The Morgan fingerprint density at radius 2 is 2.03 bits per heavy atom. The maximum Gasteiger partial charge on any atom is 0.409 e. The molecule has 180 valence electrons. The first-order valence-electron chi connectivity index (χ1n) is 11.1. The van der Waals surface area contributed by atoms with Crippen LogP contribution in [0.1, 0.15) is 42.5 Å². The van der Waals surface area contributed by atoms with Crippen molar-refractivity contribution in [2.75, 3.05) is 30.3 Å². The second-order valence-electron chi connectivity index (χ2n) is 8.23. The van der Waals surface area contributed by atoms with Crippen LogP contribution in [0.25, 0.3) is 0 Å². The smallest absolute Gasteiger partial charge is 0.409 e. The van der Waals surface area contributed by atoms with Crippen LogP contribution in [0.15, 0.2) is 24.4 Å². The first kappa shape index (κ1) is 23.7. The number of likely N-dealkylation sites (tertiary alicyclic amines) is 1. The Kier molecular flexibility index (Phi) is 7.16. The molecule has 0 radical (unpaired) electrons. The van der Waals surface area contributed by atoms with E-state index in [0.29, 0.717) is 36.4 Å². The van der Waals surface area contributed by atoms with Gasteiger partial charge in [0, 0.05) is 24.8 Å². The van der Waals surface area contributed by atoms with Gasteiger partial charge in [0.2, 0.25) is 5.95 Å². The van der Waals surface area contributed by atoms with Crippen molar-refractivity contribution in [3.8, 4) is 0 Å². The van der Waals surface area contributed by atoms with Crippen LogP contribution in [0.4, 0.5) is 32.5 Å². The molecular weight excluding hydrogens is 461 g/mol. The topological polar surface area (TPSA) is 108 Å². The number of anilines is 4. The normalized spacial score (nSPS) is 14.2. The summed E-state index contributed by atoms with van der Waals surface area (Å²) >= 11 is 6.21. The van der Waals surface area contributed by atoms with Gasteiger partial charge in [0.25, 0.3) is 0 Å². The summed E-state index contributed by atoms with van der Waals surface area (Å²) in [6, 6.07) is 5.12. The molecule has 1 aliphatic rings. The lowest BCUT2D eigenvalue weighted by Crippen LogP contribution is -2.38. The molecule has 3 heterocycles. The van der Waals surface area contributed by atoms with E-state index >= 15 is 4.39 Å². The number of carbonyl (C=O) groups excluding carboxylic acids is 1. The molecule has 1 saturated heterocycles. The van der Waals surface area contributed by atoms with E-state index in [0.717, 1.165) is 29.7 Å². The number of aryl methyl sites for hydroxylation is 2. The molecule has 4 rings (SSSR count). The molecule has 1 amide bonds. The monoisotopic (exact) mass is 487 g/mol. The number of carbonyl (C=O) groups is 1. The Morgan fingerprint density at radius 1 is 1.26 bits per heavy atom. The van der Waals surface area contributed by atoms with Crippen LogP contribution in [0, 0.1) is 19.7 Å². The fraction of sp³-hybridized carbons (Fsp3) is 0.391. The van der Waals surface area contributed by atoms with Crippen molar-refractivity contribution in [1.82, 2.24) is 25.1 Å². The number of nitrogens with zero attached hydrogens (tertiary/aromatic N) is 4. The third-order valence-corrected chi connectivity index (χ3v) is 6.04. The van der Waals surface area contributed by atoms with Crippen LogP contribution in [0.2, 0.25) is 5.02 Å². The molecule has 11 heteroatoms. The van der Waals surface area contributed by atoms with Crippen LogP contribution in [0.5, 0.6) is 0 Å². The van der Waals surface area contributed by atoms with Gasteiger partial charge in [-0.1, -0.05) is 11.6 Å². The van der Waals surface area contributed by atoms with Crippen molar-refractivity contribution in [2.24, 2.45) is 0 Å². The summed E-state index contributed by atoms with van der Waals surface area (Å²) in [5, 5.41) is 13.2. The van der Waals surface area contributed by atoms with Crippen LogP contribution >= 0.6 is 11.6 Å². The average Bonchev–Trinajstić information content (AvgIpc) is 3.23. The van der Waals surface area contributed by atoms with E-state index in [1.165, 1.54) is 6.20 Å². The molecule has 1 aliphatic heterocycles. The van der Waals surface area contributed by atoms with E-state index in [-0.39, 0.29) is 23.6 Å². The highest BCUT2D eigenvalue weighted by Gasteiger charge is 2.26. The summed E-state index contributed by atoms with van der Waals surface area (Å²) in [6.45, 7) is 7.16. The fourth-order valence-electron chi connectivity index (χ4n) is 4.06. The molecule has 3 aromatic rings. The summed E-state index contributed by atoms with van der Waals surface area (Å²) in [6.07, 6.45) is 2.67. The number of hydrogen-bond donors (Lipinski definition) is 3. The van der Waals surface area contributed by atoms with E-state index in [1.807, 2.05) is 19.9 Å². The molecule has 0 unspecified atom stereocenters. The number of nitrogens with one attached hydrogen (secondary N) is 3. The van der Waals surface area contributed by atoms with Crippen LogP contribution in [-0.4, -0.2) is 50.9 Å². The molecule has 34 heavy (non-hydrogen) atoms. The molecule has 1 fully saturated rings. The van der Waals surface area contributed by atoms with Gasteiger partial charge in [0.15, 0.2) is 11.6 Å². The van der Waals surface area contributed by atoms with Crippen molar-refractivity contribution in [3.63, 3.8) is 0 Å². The lowest BCUT2D eigenvalue weighted by atomic mass is 9.86. The van der Waals surface area contributed by atoms with Gasteiger partial charge in [0.05, 0.1) is 18.5 Å². The summed E-state index contributed by atoms with van der Waals surface area (Å²) in [5.74, 6) is 0.892. The minimum Gasteiger partial charge on any atom is -0.450 e. The molecule has 0 aliphatic carbocycles. The average molecular weight is 488 g/mol. The van der Waals surface area contributed by atoms with Crippen LogP contribution in [-0.2, 0) is 4.74 Å². The SMILES string of the molecule is CCOC(=O)N1CCC(c2cc(F)c(Nc3ncc(Cl)c(Nc4cc(C)[nH]n4)n3)cc2C)CC1. The molecule has 0 spiro atoms. The van der Waals surface area contributed by atoms with Gasteiger partial charge in [-0.25, -0.2) is 14.2 Å². The number of ether oxygens (including phenoxy) is 1. The first-order chi connectivity index (χ1) is 16.3. The van der Waals surface area contributed by atoms with Gasteiger partial charge in [-0.05, 0) is 62.8 Å². The molecule has 0 bridgehead atoms. The summed E-state index contributed by atoms with van der Waals surface area (Å²) in [5.41, 5.74) is 3.06. The number of aromatic nitrogens is 4. The third kappa shape index (κ3) is 5.39. The minimum atomic E-state index is -0.399. The lowest BCUT2D eigenvalue weighted by Gasteiger charge is -2.32. The van der Waals surface area contributed by atoms with Crippen molar-refractivity contribution >= 4 is 41.0 Å². The first-order valence-corrected chi connectivity index (χ1v) is 11.5. The van der Waals surface area contributed by atoms with Crippen molar-refractivity contribution in [2.45, 2.75) is 39.5 Å². The second-order valence-corrected chi connectivity index (χ2v) is 8.63. The molecule has 0 atom stereocenters. The molecule has 9 nitrogen and oxygen atoms in total. The predicted molar refractivity (Wildman–Crippen MR) is 129 cm³/mol. The molecular formula is C23H27ClFN7O2. The van der Waals surface area contributed by atoms with Gasteiger partial charge >= 0.3 is 6.09 Å². The Balaban J connectivity index is 1.46. The van der Waals surface area contributed by atoms with Crippen molar-refractivity contribution < 1.29 is 13.9 Å². The highest BCUT2D eigenvalue weighted by Crippen LogP contribution is 2.34. The molecule has 0 saturated carbocycles. The van der Waals surface area contributed by atoms with Gasteiger partial charge in [0.1, 0.15) is 10.8 Å². The maximum absolute atomic E-state index is 15.0. The van der Waals surface area contributed by atoms with Crippen molar-refractivity contribution in [3.05, 3.63) is 52.1 Å². The number of rotatable bonds is 6. The van der Waals surface area contributed by atoms with E-state index < -0.39 is 5.82 Å². The van der Waals surface area contributed by atoms with Gasteiger partial charge in [-0.3, -0.25) is 5.10 Å². The summed E-state index contributed by atoms with van der Waals surface area (Å²) in [7, 11) is 0. The Hall–Kier alpha value is -3.40. The molecule has 1 aromatic carbocycles. The maximum atomic E-state index is 15.0.